The first-order valence-electron chi connectivity index (χ1n) is 5.36. The van der Waals surface area contributed by atoms with Gasteiger partial charge in [0.05, 0.1) is 10.7 Å². The van der Waals surface area contributed by atoms with Crippen molar-refractivity contribution in [1.29, 1.82) is 0 Å². The molecule has 0 spiro atoms. The number of anilines is 1. The summed E-state index contributed by atoms with van der Waals surface area (Å²) in [7, 11) is 0. The number of nitrogens with zero attached hydrogens (tertiary/aromatic N) is 3. The summed E-state index contributed by atoms with van der Waals surface area (Å²) < 4.78 is 1.50. The van der Waals surface area contributed by atoms with Crippen LogP contribution < -0.4 is 11.1 Å². The van der Waals surface area contributed by atoms with E-state index in [4.69, 9.17) is 17.3 Å². The summed E-state index contributed by atoms with van der Waals surface area (Å²) in [5, 5.41) is 7.23. The van der Waals surface area contributed by atoms with Crippen molar-refractivity contribution in [2.24, 2.45) is 5.73 Å². The van der Waals surface area contributed by atoms with E-state index in [2.05, 4.69) is 15.4 Å². The van der Waals surface area contributed by atoms with E-state index in [-0.39, 0.29) is 12.3 Å². The maximum Gasteiger partial charge on any atom is 0.225 e. The van der Waals surface area contributed by atoms with Gasteiger partial charge in [-0.15, -0.1) is 0 Å². The number of hydrogen-bond acceptors (Lipinski definition) is 4. The Hall–Kier alpha value is -1.92. The Bertz CT molecular complexity index is 540. The summed E-state index contributed by atoms with van der Waals surface area (Å²) >= 11 is 6.12. The molecule has 0 radical (unpaired) electrons. The number of amides is 1. The molecule has 1 amide bonds. The zero-order valence-corrected chi connectivity index (χ0v) is 10.3. The maximum atomic E-state index is 11.6. The number of aromatic nitrogens is 3. The molecule has 18 heavy (non-hydrogen) atoms. The van der Waals surface area contributed by atoms with Crippen LogP contribution in [0.4, 0.5) is 5.69 Å². The lowest BCUT2D eigenvalue weighted by Gasteiger charge is -2.11. The van der Waals surface area contributed by atoms with Gasteiger partial charge in [0.1, 0.15) is 18.3 Å². The Morgan fingerprint density at radius 3 is 3.00 bits per heavy atom. The number of benzene rings is 1. The standard InChI is InChI=1S/C11H12ClN5O/c12-8-2-1-3-9(16-10(18)4-5-13)11(8)17-7-14-6-15-17/h1-3,6-7H,4-5,13H2,(H,16,18). The second kappa shape index (κ2) is 5.61. The molecule has 0 fully saturated rings. The molecular weight excluding hydrogens is 254 g/mol. The number of carbonyl (C=O) groups excluding carboxylic acids is 1. The predicted molar refractivity (Wildman–Crippen MR) is 68.7 cm³/mol. The van der Waals surface area contributed by atoms with Gasteiger partial charge in [-0.05, 0) is 12.1 Å². The topological polar surface area (TPSA) is 85.8 Å². The van der Waals surface area contributed by atoms with Gasteiger partial charge in [-0.2, -0.15) is 5.10 Å². The second-order valence-corrected chi connectivity index (χ2v) is 3.97. The third kappa shape index (κ3) is 2.66. The molecule has 0 aliphatic rings. The highest BCUT2D eigenvalue weighted by molar-refractivity contribution is 6.33. The summed E-state index contributed by atoms with van der Waals surface area (Å²) in [4.78, 5) is 15.4. The number of rotatable bonds is 4. The number of halogens is 1. The summed E-state index contributed by atoms with van der Waals surface area (Å²) in [5.74, 6) is -0.166. The van der Waals surface area contributed by atoms with E-state index in [0.717, 1.165) is 0 Å². The van der Waals surface area contributed by atoms with E-state index in [9.17, 15) is 4.79 Å². The number of nitrogens with one attached hydrogen (secondary N) is 1. The van der Waals surface area contributed by atoms with Crippen LogP contribution in [0.25, 0.3) is 5.69 Å². The maximum absolute atomic E-state index is 11.6. The minimum Gasteiger partial charge on any atom is -0.330 e. The van der Waals surface area contributed by atoms with Crippen molar-refractivity contribution < 1.29 is 4.79 Å². The molecule has 0 unspecified atom stereocenters. The summed E-state index contributed by atoms with van der Waals surface area (Å²) in [6, 6.07) is 5.22. The first-order chi connectivity index (χ1) is 8.72. The lowest BCUT2D eigenvalue weighted by molar-refractivity contribution is -0.116. The molecule has 0 atom stereocenters. The molecule has 2 rings (SSSR count). The lowest BCUT2D eigenvalue weighted by Crippen LogP contribution is -2.17. The van der Waals surface area contributed by atoms with Crippen molar-refractivity contribution >= 4 is 23.2 Å². The lowest BCUT2D eigenvalue weighted by atomic mass is 10.2. The van der Waals surface area contributed by atoms with Crippen molar-refractivity contribution in [2.45, 2.75) is 6.42 Å². The number of carbonyl (C=O) groups is 1. The molecule has 0 bridgehead atoms. The zero-order valence-electron chi connectivity index (χ0n) is 9.51. The summed E-state index contributed by atoms with van der Waals surface area (Å²) in [5.41, 5.74) is 6.49. The number of para-hydroxylation sites is 1. The molecule has 1 aromatic heterocycles. The second-order valence-electron chi connectivity index (χ2n) is 3.56. The van der Waals surface area contributed by atoms with Crippen molar-refractivity contribution in [3.8, 4) is 5.69 Å². The van der Waals surface area contributed by atoms with Crippen molar-refractivity contribution in [3.05, 3.63) is 35.9 Å². The van der Waals surface area contributed by atoms with E-state index in [1.54, 1.807) is 18.2 Å². The Kier molecular flexibility index (Phi) is 3.91. The molecule has 1 aromatic carbocycles. The molecule has 0 saturated carbocycles. The van der Waals surface area contributed by atoms with Crippen LogP contribution in [0, 0.1) is 0 Å². The predicted octanol–water partition coefficient (Wildman–Crippen LogP) is 1.21. The van der Waals surface area contributed by atoms with Crippen LogP contribution in [0.15, 0.2) is 30.9 Å². The summed E-state index contributed by atoms with van der Waals surface area (Å²) in [6.45, 7) is 0.297. The van der Waals surface area contributed by atoms with Crippen LogP contribution in [0.1, 0.15) is 6.42 Å². The molecule has 7 heteroatoms. The zero-order chi connectivity index (χ0) is 13.0. The first-order valence-corrected chi connectivity index (χ1v) is 5.73. The number of hydrogen-bond donors (Lipinski definition) is 2. The van der Waals surface area contributed by atoms with Gasteiger partial charge in [-0.25, -0.2) is 9.67 Å². The fraction of sp³-hybridized carbons (Fsp3) is 0.182. The van der Waals surface area contributed by atoms with Crippen molar-refractivity contribution in [3.63, 3.8) is 0 Å². The Morgan fingerprint density at radius 2 is 2.33 bits per heavy atom. The molecule has 0 aliphatic heterocycles. The van der Waals surface area contributed by atoms with E-state index in [0.29, 0.717) is 22.9 Å². The third-order valence-corrected chi connectivity index (χ3v) is 2.59. The smallest absolute Gasteiger partial charge is 0.225 e. The van der Waals surface area contributed by atoms with Gasteiger partial charge in [-0.3, -0.25) is 4.79 Å². The van der Waals surface area contributed by atoms with Crippen LogP contribution in [-0.2, 0) is 4.79 Å². The van der Waals surface area contributed by atoms with Crippen molar-refractivity contribution in [1.82, 2.24) is 14.8 Å². The fourth-order valence-corrected chi connectivity index (χ4v) is 1.78. The Labute approximate surface area is 109 Å². The minimum atomic E-state index is -0.166. The van der Waals surface area contributed by atoms with E-state index >= 15 is 0 Å². The van der Waals surface area contributed by atoms with Crippen LogP contribution in [0.5, 0.6) is 0 Å². The van der Waals surface area contributed by atoms with Gasteiger partial charge in [0.15, 0.2) is 0 Å². The van der Waals surface area contributed by atoms with E-state index in [1.807, 2.05) is 0 Å². The highest BCUT2D eigenvalue weighted by Crippen LogP contribution is 2.27. The molecule has 6 nitrogen and oxygen atoms in total. The Balaban J connectivity index is 2.36. The SMILES string of the molecule is NCCC(=O)Nc1cccc(Cl)c1-n1cncn1. The molecule has 2 aromatic rings. The van der Waals surface area contributed by atoms with E-state index < -0.39 is 0 Å². The normalized spacial score (nSPS) is 10.3. The molecule has 3 N–H and O–H groups in total. The fourth-order valence-electron chi connectivity index (χ4n) is 1.52. The molecule has 0 saturated heterocycles. The highest BCUT2D eigenvalue weighted by atomic mass is 35.5. The van der Waals surface area contributed by atoms with Gasteiger partial charge in [0.2, 0.25) is 5.91 Å². The van der Waals surface area contributed by atoms with Crippen LogP contribution in [0.2, 0.25) is 5.02 Å². The van der Waals surface area contributed by atoms with Crippen molar-refractivity contribution in [2.75, 3.05) is 11.9 Å². The Morgan fingerprint density at radius 1 is 1.50 bits per heavy atom. The molecular formula is C11H12ClN5O. The molecule has 1 heterocycles. The summed E-state index contributed by atoms with van der Waals surface area (Å²) in [6.07, 6.45) is 3.16. The molecule has 94 valence electrons. The monoisotopic (exact) mass is 265 g/mol. The van der Waals surface area contributed by atoms with Gasteiger partial charge in [-0.1, -0.05) is 17.7 Å². The average Bonchev–Trinajstić information content (AvgIpc) is 2.82. The van der Waals surface area contributed by atoms with Crippen LogP contribution in [-0.4, -0.2) is 27.2 Å². The van der Waals surface area contributed by atoms with Gasteiger partial charge in [0.25, 0.3) is 0 Å². The minimum absolute atomic E-state index is 0.166. The third-order valence-electron chi connectivity index (χ3n) is 2.28. The van der Waals surface area contributed by atoms with E-state index in [1.165, 1.54) is 17.3 Å². The highest BCUT2D eigenvalue weighted by Gasteiger charge is 2.12. The molecule has 0 aliphatic carbocycles. The van der Waals surface area contributed by atoms with Gasteiger partial charge >= 0.3 is 0 Å². The number of nitrogens with two attached hydrogens (primary N) is 1. The largest absolute Gasteiger partial charge is 0.330 e. The quantitative estimate of drug-likeness (QED) is 0.870. The van der Waals surface area contributed by atoms with Crippen LogP contribution in [0.3, 0.4) is 0 Å². The average molecular weight is 266 g/mol. The van der Waals surface area contributed by atoms with Gasteiger partial charge in [0, 0.05) is 13.0 Å². The first kappa shape index (κ1) is 12.5. The van der Waals surface area contributed by atoms with Crippen LogP contribution >= 0.6 is 11.6 Å². The van der Waals surface area contributed by atoms with Gasteiger partial charge < -0.3 is 11.1 Å².